The molecule has 4 nitrogen and oxygen atoms in total. The van der Waals surface area contributed by atoms with Crippen LogP contribution in [0.4, 0.5) is 5.13 Å². The lowest BCUT2D eigenvalue weighted by atomic mass is 10.0. The van der Waals surface area contributed by atoms with Crippen molar-refractivity contribution in [2.45, 2.75) is 32.7 Å². The predicted octanol–water partition coefficient (Wildman–Crippen LogP) is 3.04. The van der Waals surface area contributed by atoms with Crippen molar-refractivity contribution in [3.63, 3.8) is 0 Å². The van der Waals surface area contributed by atoms with Gasteiger partial charge in [-0.25, -0.2) is 4.98 Å². The number of nitrogens with zero attached hydrogens (tertiary/aromatic N) is 1. The van der Waals surface area contributed by atoms with Crippen molar-refractivity contribution >= 4 is 22.4 Å². The normalized spacial score (nSPS) is 12.2. The second-order valence-electron chi connectivity index (χ2n) is 4.64. The topological polar surface area (TPSA) is 68.0 Å². The molecule has 106 valence electrons. The minimum Gasteiger partial charge on any atom is -0.324 e. The van der Waals surface area contributed by atoms with Crippen LogP contribution in [0.15, 0.2) is 30.3 Å². The molecule has 0 fully saturated rings. The van der Waals surface area contributed by atoms with Crippen LogP contribution in [0.2, 0.25) is 0 Å². The number of aromatic nitrogens is 1. The van der Waals surface area contributed by atoms with Crippen LogP contribution in [0.3, 0.4) is 0 Å². The first-order valence-corrected chi connectivity index (χ1v) is 7.48. The number of aryl methyl sites for hydroxylation is 2. The van der Waals surface area contributed by atoms with Crippen LogP contribution < -0.4 is 11.1 Å². The molecule has 2 rings (SSSR count). The van der Waals surface area contributed by atoms with Crippen molar-refractivity contribution in [1.29, 1.82) is 0 Å². The predicted molar refractivity (Wildman–Crippen MR) is 82.8 cm³/mol. The summed E-state index contributed by atoms with van der Waals surface area (Å²) in [4.78, 5) is 17.5. The fourth-order valence-corrected chi connectivity index (χ4v) is 2.92. The molecule has 1 aromatic heterocycles. The third-order valence-corrected chi connectivity index (χ3v) is 4.04. The van der Waals surface area contributed by atoms with Gasteiger partial charge in [-0.2, -0.15) is 0 Å². The second kappa shape index (κ2) is 6.63. The molecule has 0 spiro atoms. The Bertz CT molecular complexity index is 580. The first kappa shape index (κ1) is 14.7. The van der Waals surface area contributed by atoms with Gasteiger partial charge in [0, 0.05) is 17.3 Å². The number of benzene rings is 1. The lowest BCUT2D eigenvalue weighted by molar-refractivity contribution is -0.116. The Morgan fingerprint density at radius 2 is 2.10 bits per heavy atom. The third kappa shape index (κ3) is 3.65. The van der Waals surface area contributed by atoms with Crippen molar-refractivity contribution in [3.8, 4) is 0 Å². The average molecular weight is 289 g/mol. The molecule has 1 atom stereocenters. The van der Waals surface area contributed by atoms with Crippen molar-refractivity contribution in [3.05, 3.63) is 46.5 Å². The standard InChI is InChI=1S/C15H19N3OS/c1-3-13-10(2)20-15(17-13)18-14(19)9-12(16)11-7-5-4-6-8-11/h4-8,12H,3,9,16H2,1-2H3,(H,17,18,19). The molecule has 0 saturated carbocycles. The summed E-state index contributed by atoms with van der Waals surface area (Å²) in [7, 11) is 0. The molecule has 5 heteroatoms. The Morgan fingerprint density at radius 1 is 1.40 bits per heavy atom. The van der Waals surface area contributed by atoms with E-state index in [2.05, 4.69) is 17.2 Å². The van der Waals surface area contributed by atoms with Crippen molar-refractivity contribution in [2.24, 2.45) is 5.73 Å². The van der Waals surface area contributed by atoms with E-state index in [1.807, 2.05) is 37.3 Å². The Balaban J connectivity index is 1.95. The first-order chi connectivity index (χ1) is 9.60. The van der Waals surface area contributed by atoms with Gasteiger partial charge in [0.25, 0.3) is 0 Å². The highest BCUT2D eigenvalue weighted by Gasteiger charge is 2.13. The summed E-state index contributed by atoms with van der Waals surface area (Å²) in [5, 5.41) is 3.48. The molecule has 1 heterocycles. The Morgan fingerprint density at radius 3 is 2.70 bits per heavy atom. The molecule has 0 radical (unpaired) electrons. The molecule has 0 bridgehead atoms. The third-order valence-electron chi connectivity index (χ3n) is 3.11. The van der Waals surface area contributed by atoms with E-state index in [-0.39, 0.29) is 18.4 Å². The van der Waals surface area contributed by atoms with Gasteiger partial charge in [-0.05, 0) is 18.9 Å². The number of carbonyl (C=O) groups is 1. The summed E-state index contributed by atoms with van der Waals surface area (Å²) in [5.74, 6) is -0.0993. The summed E-state index contributed by atoms with van der Waals surface area (Å²) in [6, 6.07) is 9.35. The fourth-order valence-electron chi connectivity index (χ4n) is 2.00. The molecule has 0 aliphatic carbocycles. The molecule has 2 aromatic rings. The number of carbonyl (C=O) groups excluding carboxylic acids is 1. The Kier molecular flexibility index (Phi) is 4.87. The van der Waals surface area contributed by atoms with Crippen molar-refractivity contribution in [1.82, 2.24) is 4.98 Å². The number of amides is 1. The largest absolute Gasteiger partial charge is 0.324 e. The highest BCUT2D eigenvalue weighted by molar-refractivity contribution is 7.15. The molecule has 0 saturated heterocycles. The van der Waals surface area contributed by atoms with Gasteiger partial charge in [-0.1, -0.05) is 37.3 Å². The molecule has 1 amide bonds. The van der Waals surface area contributed by atoms with Gasteiger partial charge in [0.1, 0.15) is 0 Å². The zero-order valence-electron chi connectivity index (χ0n) is 11.7. The van der Waals surface area contributed by atoms with Crippen LogP contribution in [0.25, 0.3) is 0 Å². The van der Waals surface area contributed by atoms with Crippen LogP contribution in [0, 0.1) is 6.92 Å². The van der Waals surface area contributed by atoms with Crippen LogP contribution >= 0.6 is 11.3 Å². The summed E-state index contributed by atoms with van der Waals surface area (Å²) < 4.78 is 0. The summed E-state index contributed by atoms with van der Waals surface area (Å²) >= 11 is 1.51. The summed E-state index contributed by atoms with van der Waals surface area (Å²) in [5.41, 5.74) is 8.04. The molecule has 20 heavy (non-hydrogen) atoms. The smallest absolute Gasteiger partial charge is 0.228 e. The number of rotatable bonds is 5. The van der Waals surface area contributed by atoms with Gasteiger partial charge < -0.3 is 11.1 Å². The van der Waals surface area contributed by atoms with Crippen molar-refractivity contribution in [2.75, 3.05) is 5.32 Å². The van der Waals surface area contributed by atoms with E-state index in [4.69, 9.17) is 5.73 Å². The SMILES string of the molecule is CCc1nc(NC(=O)CC(N)c2ccccc2)sc1C. The molecule has 1 unspecified atom stereocenters. The van der Waals surface area contributed by atoms with Gasteiger partial charge in [-0.3, -0.25) is 4.79 Å². The van der Waals surface area contributed by atoms with E-state index in [9.17, 15) is 4.79 Å². The van der Waals surface area contributed by atoms with E-state index in [1.165, 1.54) is 11.3 Å². The number of thiazole rings is 1. The van der Waals surface area contributed by atoms with Crippen LogP contribution in [0.5, 0.6) is 0 Å². The van der Waals surface area contributed by atoms with E-state index in [0.29, 0.717) is 5.13 Å². The minimum atomic E-state index is -0.289. The van der Waals surface area contributed by atoms with Gasteiger partial charge in [0.05, 0.1) is 5.69 Å². The fraction of sp³-hybridized carbons (Fsp3) is 0.333. The molecular weight excluding hydrogens is 270 g/mol. The monoisotopic (exact) mass is 289 g/mol. The van der Waals surface area contributed by atoms with Gasteiger partial charge in [0.15, 0.2) is 5.13 Å². The Hall–Kier alpha value is -1.72. The van der Waals surface area contributed by atoms with Crippen molar-refractivity contribution < 1.29 is 4.79 Å². The first-order valence-electron chi connectivity index (χ1n) is 6.66. The zero-order valence-corrected chi connectivity index (χ0v) is 12.5. The van der Waals surface area contributed by atoms with Crippen LogP contribution in [0.1, 0.15) is 35.5 Å². The Labute approximate surface area is 123 Å². The molecule has 0 aliphatic heterocycles. The summed E-state index contributed by atoms with van der Waals surface area (Å²) in [6.45, 7) is 4.07. The quantitative estimate of drug-likeness (QED) is 0.889. The highest BCUT2D eigenvalue weighted by Crippen LogP contribution is 2.23. The number of hydrogen-bond acceptors (Lipinski definition) is 4. The molecular formula is C15H19N3OS. The maximum atomic E-state index is 12.0. The molecule has 1 aromatic carbocycles. The lowest BCUT2D eigenvalue weighted by Gasteiger charge is -2.10. The van der Waals surface area contributed by atoms with Gasteiger partial charge in [0.2, 0.25) is 5.91 Å². The van der Waals surface area contributed by atoms with E-state index in [0.717, 1.165) is 22.6 Å². The van der Waals surface area contributed by atoms with Crippen LogP contribution in [-0.2, 0) is 11.2 Å². The van der Waals surface area contributed by atoms with E-state index in [1.54, 1.807) is 0 Å². The highest BCUT2D eigenvalue weighted by atomic mass is 32.1. The van der Waals surface area contributed by atoms with Crippen LogP contribution in [-0.4, -0.2) is 10.9 Å². The van der Waals surface area contributed by atoms with Gasteiger partial charge >= 0.3 is 0 Å². The number of hydrogen-bond donors (Lipinski definition) is 2. The van der Waals surface area contributed by atoms with E-state index < -0.39 is 0 Å². The summed E-state index contributed by atoms with van der Waals surface area (Å²) in [6.07, 6.45) is 1.13. The maximum absolute atomic E-state index is 12.0. The lowest BCUT2D eigenvalue weighted by Crippen LogP contribution is -2.20. The average Bonchev–Trinajstić information content (AvgIpc) is 2.79. The minimum absolute atomic E-state index is 0.0993. The maximum Gasteiger partial charge on any atom is 0.228 e. The number of anilines is 1. The van der Waals surface area contributed by atoms with E-state index >= 15 is 0 Å². The zero-order chi connectivity index (χ0) is 14.5. The number of nitrogens with two attached hydrogens (primary N) is 1. The molecule has 0 aliphatic rings. The number of nitrogens with one attached hydrogen (secondary N) is 1. The molecule has 3 N–H and O–H groups in total. The van der Waals surface area contributed by atoms with Gasteiger partial charge in [-0.15, -0.1) is 11.3 Å². The second-order valence-corrected chi connectivity index (χ2v) is 5.85.